The number of ketones is 1. The molecule has 1 saturated heterocycles. The van der Waals surface area contributed by atoms with Gasteiger partial charge in [-0.15, -0.1) is 0 Å². The van der Waals surface area contributed by atoms with E-state index in [1.165, 1.54) is 19.3 Å². The van der Waals surface area contributed by atoms with Gasteiger partial charge in [0.05, 0.1) is 6.42 Å². The number of fused-ring (bicyclic) bond motifs is 1. The van der Waals surface area contributed by atoms with Crippen LogP contribution in [0, 0.1) is 0 Å². The van der Waals surface area contributed by atoms with E-state index in [-0.39, 0.29) is 12.2 Å². The lowest BCUT2D eigenvalue weighted by Crippen LogP contribution is -2.32. The topological polar surface area (TPSA) is 62.5 Å². The van der Waals surface area contributed by atoms with Gasteiger partial charge in [0.2, 0.25) is 0 Å². The third-order valence-electron chi connectivity index (χ3n) is 4.79. The predicted octanol–water partition coefficient (Wildman–Crippen LogP) is 2.96. The van der Waals surface area contributed by atoms with Gasteiger partial charge in [0.15, 0.2) is 5.78 Å². The van der Waals surface area contributed by atoms with Gasteiger partial charge in [-0.3, -0.25) is 9.59 Å². The zero-order valence-corrected chi connectivity index (χ0v) is 14.1. The fourth-order valence-corrected chi connectivity index (χ4v) is 3.53. The lowest BCUT2D eigenvalue weighted by Gasteiger charge is -2.26. The Morgan fingerprint density at radius 1 is 1.12 bits per heavy atom. The smallest absolute Gasteiger partial charge is 0.307 e. The monoisotopic (exact) mass is 328 g/mol. The van der Waals surface area contributed by atoms with Crippen LogP contribution in [0.1, 0.15) is 42.1 Å². The summed E-state index contributed by atoms with van der Waals surface area (Å²) in [6, 6.07) is 5.63. The third-order valence-corrected chi connectivity index (χ3v) is 4.79. The Morgan fingerprint density at radius 2 is 1.88 bits per heavy atom. The summed E-state index contributed by atoms with van der Waals surface area (Å²) in [6.07, 6.45) is 5.75. The first-order chi connectivity index (χ1) is 11.5. The number of likely N-dealkylation sites (tertiary alicyclic amines) is 1. The molecule has 0 saturated carbocycles. The number of aromatic nitrogens is 1. The lowest BCUT2D eigenvalue weighted by atomic mass is 10.1. The second kappa shape index (κ2) is 7.18. The summed E-state index contributed by atoms with van der Waals surface area (Å²) in [5.74, 6) is -0.840. The average molecular weight is 328 g/mol. The van der Waals surface area contributed by atoms with Crippen LogP contribution in [0.15, 0.2) is 24.4 Å². The Labute approximate surface area is 141 Å². The number of hydrogen-bond acceptors (Lipinski definition) is 3. The molecule has 2 heterocycles. The highest BCUT2D eigenvalue weighted by Crippen LogP contribution is 2.24. The van der Waals surface area contributed by atoms with Crippen LogP contribution in [0.5, 0.6) is 0 Å². The number of nitrogens with zero attached hydrogens (tertiary/aromatic N) is 2. The van der Waals surface area contributed by atoms with E-state index in [1.54, 1.807) is 6.92 Å². The highest BCUT2D eigenvalue weighted by molar-refractivity contribution is 6.07. The second-order valence-corrected chi connectivity index (χ2v) is 6.62. The maximum Gasteiger partial charge on any atom is 0.307 e. The van der Waals surface area contributed by atoms with Gasteiger partial charge in [0.1, 0.15) is 0 Å². The van der Waals surface area contributed by atoms with Crippen LogP contribution < -0.4 is 0 Å². The predicted molar refractivity (Wildman–Crippen MR) is 93.6 cm³/mol. The van der Waals surface area contributed by atoms with Crippen LogP contribution in [0.2, 0.25) is 0 Å². The Bertz CT molecular complexity index is 757. The van der Waals surface area contributed by atoms with E-state index < -0.39 is 5.97 Å². The molecule has 1 aromatic heterocycles. The molecule has 2 aromatic rings. The molecule has 0 radical (unpaired) electrons. The molecule has 0 unspecified atom stereocenters. The quantitative estimate of drug-likeness (QED) is 0.828. The van der Waals surface area contributed by atoms with Gasteiger partial charge in [0.25, 0.3) is 0 Å². The van der Waals surface area contributed by atoms with Gasteiger partial charge in [-0.1, -0.05) is 12.5 Å². The number of carbonyl (C=O) groups excluding carboxylic acids is 1. The summed E-state index contributed by atoms with van der Waals surface area (Å²) in [5.41, 5.74) is 2.41. The molecule has 5 nitrogen and oxygen atoms in total. The van der Waals surface area contributed by atoms with Crippen molar-refractivity contribution in [1.29, 1.82) is 0 Å². The lowest BCUT2D eigenvalue weighted by molar-refractivity contribution is -0.136. The Kier molecular flexibility index (Phi) is 5.00. The largest absolute Gasteiger partial charge is 0.481 e. The molecule has 0 aliphatic carbocycles. The summed E-state index contributed by atoms with van der Waals surface area (Å²) in [7, 11) is 0. The van der Waals surface area contributed by atoms with Gasteiger partial charge in [-0.05, 0) is 50.6 Å². The molecule has 1 aromatic carbocycles. The Morgan fingerprint density at radius 3 is 2.54 bits per heavy atom. The summed E-state index contributed by atoms with van der Waals surface area (Å²) < 4.78 is 2.13. The average Bonchev–Trinajstić information content (AvgIpc) is 2.91. The molecule has 24 heavy (non-hydrogen) atoms. The van der Waals surface area contributed by atoms with E-state index in [0.29, 0.717) is 5.56 Å². The molecule has 1 fully saturated rings. The molecule has 0 spiro atoms. The third kappa shape index (κ3) is 3.67. The van der Waals surface area contributed by atoms with Crippen molar-refractivity contribution in [3.8, 4) is 0 Å². The normalized spacial score (nSPS) is 15.7. The SMILES string of the molecule is CC(=O)c1cn(CCN2CCCCC2)c2ccc(CC(=O)O)cc12. The number of hydrogen-bond donors (Lipinski definition) is 1. The van der Waals surface area contributed by atoms with Crippen molar-refractivity contribution < 1.29 is 14.7 Å². The molecular weight excluding hydrogens is 304 g/mol. The first-order valence-electron chi connectivity index (χ1n) is 8.61. The van der Waals surface area contributed by atoms with E-state index >= 15 is 0 Å². The summed E-state index contributed by atoms with van der Waals surface area (Å²) >= 11 is 0. The molecule has 3 rings (SSSR count). The first-order valence-corrected chi connectivity index (χ1v) is 8.61. The minimum atomic E-state index is -0.858. The molecular formula is C19H24N2O3. The number of benzene rings is 1. The van der Waals surface area contributed by atoms with Crippen LogP contribution in [0.3, 0.4) is 0 Å². The summed E-state index contributed by atoms with van der Waals surface area (Å²) in [6.45, 7) is 5.71. The van der Waals surface area contributed by atoms with Crippen molar-refractivity contribution >= 4 is 22.7 Å². The number of Topliss-reactive ketones (excluding diaryl/α,β-unsaturated/α-hetero) is 1. The Hall–Kier alpha value is -2.14. The zero-order chi connectivity index (χ0) is 17.1. The molecule has 1 aliphatic heterocycles. The van der Waals surface area contributed by atoms with Crippen LogP contribution in [0.4, 0.5) is 0 Å². The molecule has 0 amide bonds. The standard InChI is InChI=1S/C19H24N2O3/c1-14(22)17-13-21(10-9-20-7-3-2-4-8-20)18-6-5-15(11-16(17)18)12-19(23)24/h5-6,11,13H,2-4,7-10,12H2,1H3,(H,23,24). The number of carboxylic acid groups (broad SMARTS) is 1. The number of rotatable bonds is 6. The van der Waals surface area contributed by atoms with Gasteiger partial charge in [-0.25, -0.2) is 0 Å². The Balaban J connectivity index is 1.87. The van der Waals surface area contributed by atoms with Crippen molar-refractivity contribution in [3.63, 3.8) is 0 Å². The maximum atomic E-state index is 12.0. The van der Waals surface area contributed by atoms with Crippen LogP contribution >= 0.6 is 0 Å². The molecule has 0 bridgehead atoms. The minimum absolute atomic E-state index is 0.0178. The van der Waals surface area contributed by atoms with Crippen LogP contribution in [-0.2, 0) is 17.8 Å². The zero-order valence-electron chi connectivity index (χ0n) is 14.1. The highest BCUT2D eigenvalue weighted by atomic mass is 16.4. The molecule has 0 atom stereocenters. The minimum Gasteiger partial charge on any atom is -0.481 e. The van der Waals surface area contributed by atoms with Crippen LogP contribution in [0.25, 0.3) is 10.9 Å². The van der Waals surface area contributed by atoms with Crippen molar-refractivity contribution in [3.05, 3.63) is 35.5 Å². The van der Waals surface area contributed by atoms with E-state index in [9.17, 15) is 9.59 Å². The van der Waals surface area contributed by atoms with E-state index in [0.717, 1.165) is 42.6 Å². The number of piperidine rings is 1. The van der Waals surface area contributed by atoms with Crippen molar-refractivity contribution in [2.45, 2.75) is 39.2 Å². The number of carbonyl (C=O) groups is 2. The van der Waals surface area contributed by atoms with Crippen molar-refractivity contribution in [2.75, 3.05) is 19.6 Å². The molecule has 1 aliphatic rings. The van der Waals surface area contributed by atoms with Gasteiger partial charge in [0, 0.05) is 35.8 Å². The molecule has 1 N–H and O–H groups in total. The van der Waals surface area contributed by atoms with Gasteiger partial charge in [-0.2, -0.15) is 0 Å². The van der Waals surface area contributed by atoms with Gasteiger partial charge >= 0.3 is 5.97 Å². The number of carboxylic acids is 1. The van der Waals surface area contributed by atoms with Crippen molar-refractivity contribution in [1.82, 2.24) is 9.47 Å². The van der Waals surface area contributed by atoms with Gasteiger partial charge < -0.3 is 14.6 Å². The fourth-order valence-electron chi connectivity index (χ4n) is 3.53. The molecule has 128 valence electrons. The fraction of sp³-hybridized carbons (Fsp3) is 0.474. The maximum absolute atomic E-state index is 12.0. The van der Waals surface area contributed by atoms with E-state index in [4.69, 9.17) is 5.11 Å². The van der Waals surface area contributed by atoms with E-state index in [2.05, 4.69) is 9.47 Å². The first kappa shape index (κ1) is 16.7. The highest BCUT2D eigenvalue weighted by Gasteiger charge is 2.15. The molecule has 5 heteroatoms. The van der Waals surface area contributed by atoms with Crippen LogP contribution in [-0.4, -0.2) is 46.0 Å². The summed E-state index contributed by atoms with van der Waals surface area (Å²) in [5, 5.41) is 9.83. The second-order valence-electron chi connectivity index (χ2n) is 6.62. The summed E-state index contributed by atoms with van der Waals surface area (Å²) in [4.78, 5) is 25.4. The number of aliphatic carboxylic acids is 1. The van der Waals surface area contributed by atoms with E-state index in [1.807, 2.05) is 24.4 Å². The van der Waals surface area contributed by atoms with Crippen molar-refractivity contribution in [2.24, 2.45) is 0 Å².